The molecule has 1 aliphatic heterocycles. The van der Waals surface area contributed by atoms with Crippen molar-refractivity contribution in [2.75, 3.05) is 14.2 Å². The van der Waals surface area contributed by atoms with Gasteiger partial charge in [-0.05, 0) is 36.8 Å². The third kappa shape index (κ3) is 9.39. The molecule has 15 nitrogen and oxygen atoms in total. The highest BCUT2D eigenvalue weighted by molar-refractivity contribution is 5.88. The molecular formula is C34H42O15. The van der Waals surface area contributed by atoms with Crippen LogP contribution in [0.1, 0.15) is 39.2 Å². The van der Waals surface area contributed by atoms with Gasteiger partial charge in [0.25, 0.3) is 0 Å². The van der Waals surface area contributed by atoms with Crippen LogP contribution in [0.2, 0.25) is 0 Å². The van der Waals surface area contributed by atoms with Crippen molar-refractivity contribution in [3.05, 3.63) is 58.8 Å². The van der Waals surface area contributed by atoms with Gasteiger partial charge in [0.15, 0.2) is 40.3 Å². The molecule has 2 heterocycles. The van der Waals surface area contributed by atoms with Gasteiger partial charge in [0.2, 0.25) is 17.5 Å². The molecule has 268 valence electrons. The van der Waals surface area contributed by atoms with Crippen molar-refractivity contribution >= 4 is 17.0 Å². The molecule has 2 unspecified atom stereocenters. The Hall–Kier alpha value is -5.35. The highest BCUT2D eigenvalue weighted by Crippen LogP contribution is 2.43. The number of benzene rings is 3. The smallest absolute Gasteiger partial charge is 0.239 e. The van der Waals surface area contributed by atoms with Gasteiger partial charge in [-0.25, -0.2) is 0 Å². The van der Waals surface area contributed by atoms with Gasteiger partial charge in [-0.2, -0.15) is 0 Å². The van der Waals surface area contributed by atoms with Crippen molar-refractivity contribution in [3.8, 4) is 63.1 Å². The molecule has 15 heteroatoms. The molecule has 0 amide bonds. The number of aromatic hydroxyl groups is 8. The minimum Gasteiger partial charge on any atom is -0.508 e. The number of fused-ring (bicyclic) bond motifs is 1. The van der Waals surface area contributed by atoms with Crippen molar-refractivity contribution in [1.29, 1.82) is 0 Å². The van der Waals surface area contributed by atoms with E-state index in [1.165, 1.54) is 31.7 Å². The summed E-state index contributed by atoms with van der Waals surface area (Å²) in [5.41, 5.74) is -0.549. The van der Waals surface area contributed by atoms with Gasteiger partial charge >= 0.3 is 0 Å². The van der Waals surface area contributed by atoms with Gasteiger partial charge in [-0.15, -0.1) is 0 Å². The molecule has 1 saturated heterocycles. The van der Waals surface area contributed by atoms with Crippen LogP contribution in [-0.2, 0) is 9.47 Å². The fraction of sp³-hybridized carbons (Fsp3) is 0.324. The lowest BCUT2D eigenvalue weighted by Crippen LogP contribution is -2.49. The molecule has 1 aromatic heterocycles. The minimum atomic E-state index is -1.16. The van der Waals surface area contributed by atoms with E-state index in [9.17, 15) is 35.4 Å². The molecule has 0 aliphatic carbocycles. The van der Waals surface area contributed by atoms with E-state index in [0.717, 1.165) is 31.4 Å². The van der Waals surface area contributed by atoms with Crippen molar-refractivity contribution in [3.63, 3.8) is 0 Å². The number of rotatable bonds is 5. The third-order valence-corrected chi connectivity index (χ3v) is 6.78. The van der Waals surface area contributed by atoms with Crippen LogP contribution in [0.5, 0.6) is 51.7 Å². The fourth-order valence-corrected chi connectivity index (χ4v) is 4.40. The molecule has 1 fully saturated rings. The van der Waals surface area contributed by atoms with Crippen LogP contribution in [0, 0.1) is 0 Å². The predicted molar refractivity (Wildman–Crippen MR) is 178 cm³/mol. The first-order chi connectivity index (χ1) is 23.2. The number of hydrogen-bond acceptors (Lipinski definition) is 15. The Morgan fingerprint density at radius 1 is 0.857 bits per heavy atom. The van der Waals surface area contributed by atoms with E-state index in [2.05, 4.69) is 20.4 Å². The highest BCUT2D eigenvalue weighted by Gasteiger charge is 2.38. The zero-order valence-electron chi connectivity index (χ0n) is 27.5. The normalized spacial score (nSPS) is 18.1. The van der Waals surface area contributed by atoms with E-state index in [0.29, 0.717) is 5.56 Å². The molecule has 3 aromatic carbocycles. The number of phenolic OH excluding ortho intramolecular Hbond substituents is 8. The molecule has 5 rings (SSSR count). The standard InChI is InChI=1S/C22H22O11.C8H8O3.C3H8.CH4O/c1-8-11(24)7-16(30-2)22(31-8)33-21-19(29)17-12(25)5-10(23)6-15(17)32-20(21)9-3-13(26)18(28)14(27)4-9;1-2-5-3-6(9)8(11)7(10)4-5;1-3-2;1-2/h3-6,8,11,16,22-28H,7H2,1-2H3;2-4,9-11H,1H2;3H2,1-2H3;2H,1H3/t8-,11?,16+,22?;;;/m0.../s1. The monoisotopic (exact) mass is 690 g/mol. The Labute approximate surface area is 281 Å². The zero-order valence-corrected chi connectivity index (χ0v) is 27.5. The summed E-state index contributed by atoms with van der Waals surface area (Å²) in [4.78, 5) is 13.4. The molecule has 0 bridgehead atoms. The van der Waals surface area contributed by atoms with E-state index in [-0.39, 0.29) is 46.0 Å². The lowest BCUT2D eigenvalue weighted by molar-refractivity contribution is -0.235. The van der Waals surface area contributed by atoms with Crippen LogP contribution in [0.15, 0.2) is 52.2 Å². The first-order valence-corrected chi connectivity index (χ1v) is 14.8. The average molecular weight is 691 g/mol. The quantitative estimate of drug-likeness (QED) is 0.131. The van der Waals surface area contributed by atoms with Gasteiger partial charge in [-0.1, -0.05) is 32.9 Å². The Kier molecular flexibility index (Phi) is 14.4. The molecule has 49 heavy (non-hydrogen) atoms. The van der Waals surface area contributed by atoms with Crippen molar-refractivity contribution < 1.29 is 69.7 Å². The lowest BCUT2D eigenvalue weighted by Gasteiger charge is -2.37. The van der Waals surface area contributed by atoms with E-state index < -0.39 is 64.5 Å². The SMILES string of the molecule is C=Cc1cc(O)c(O)c(O)c1.CCC.CO.CO[C@@H]1CC(O)[C@H](C)OC1Oc1c(-c2cc(O)c(O)c(O)c2)oc2cc(O)cc(O)c2c1=O. The lowest BCUT2D eigenvalue weighted by atomic mass is 10.0. The first-order valence-electron chi connectivity index (χ1n) is 14.8. The fourth-order valence-electron chi connectivity index (χ4n) is 4.40. The van der Waals surface area contributed by atoms with Crippen LogP contribution in [-0.4, -0.2) is 89.9 Å². The van der Waals surface area contributed by atoms with Crippen molar-refractivity contribution in [1.82, 2.24) is 0 Å². The topological polar surface area (TPSA) is 260 Å². The number of methoxy groups -OCH3 is 1. The van der Waals surface area contributed by atoms with Crippen molar-refractivity contribution in [2.24, 2.45) is 0 Å². The van der Waals surface area contributed by atoms with Crippen LogP contribution >= 0.6 is 0 Å². The molecule has 0 spiro atoms. The summed E-state index contributed by atoms with van der Waals surface area (Å²) in [7, 11) is 2.38. The van der Waals surface area contributed by atoms with Crippen molar-refractivity contribution in [2.45, 2.75) is 58.2 Å². The van der Waals surface area contributed by atoms with Crippen LogP contribution in [0.4, 0.5) is 0 Å². The number of phenols is 8. The average Bonchev–Trinajstić information content (AvgIpc) is 3.05. The minimum absolute atomic E-state index is 0.0579. The van der Waals surface area contributed by atoms with Crippen LogP contribution in [0.25, 0.3) is 28.4 Å². The molecule has 10 N–H and O–H groups in total. The number of ether oxygens (including phenoxy) is 3. The summed E-state index contributed by atoms with van der Waals surface area (Å²) >= 11 is 0. The number of aliphatic hydroxyl groups is 2. The van der Waals surface area contributed by atoms with E-state index in [1.807, 2.05) is 0 Å². The maximum Gasteiger partial charge on any atom is 0.239 e. The van der Waals surface area contributed by atoms with E-state index in [1.54, 1.807) is 6.92 Å². The maximum absolute atomic E-state index is 13.4. The van der Waals surface area contributed by atoms with E-state index >= 15 is 0 Å². The Morgan fingerprint density at radius 2 is 1.37 bits per heavy atom. The van der Waals surface area contributed by atoms with Crippen LogP contribution in [0.3, 0.4) is 0 Å². The highest BCUT2D eigenvalue weighted by atomic mass is 16.7. The molecule has 0 radical (unpaired) electrons. The van der Waals surface area contributed by atoms with Gasteiger partial charge in [0, 0.05) is 38.3 Å². The summed E-state index contributed by atoms with van der Waals surface area (Å²) in [5.74, 6) is -5.06. The maximum atomic E-state index is 13.4. The number of hydrogen-bond donors (Lipinski definition) is 10. The zero-order chi connectivity index (χ0) is 37.2. The summed E-state index contributed by atoms with van der Waals surface area (Å²) < 4.78 is 22.6. The summed E-state index contributed by atoms with van der Waals surface area (Å²) in [5, 5.41) is 93.2. The molecule has 0 saturated carbocycles. The molecule has 4 atom stereocenters. The Balaban J connectivity index is 0.000000434. The van der Waals surface area contributed by atoms with Gasteiger partial charge in [-0.3, -0.25) is 4.79 Å². The van der Waals surface area contributed by atoms with Gasteiger partial charge in [0.1, 0.15) is 28.6 Å². The summed E-state index contributed by atoms with van der Waals surface area (Å²) in [6, 6.07) is 6.71. The van der Waals surface area contributed by atoms with E-state index in [4.69, 9.17) is 39.1 Å². The molecular weight excluding hydrogens is 648 g/mol. The predicted octanol–water partition coefficient (Wildman–Crippen LogP) is 4.35. The second-order valence-electron chi connectivity index (χ2n) is 10.5. The Morgan fingerprint density at radius 3 is 1.86 bits per heavy atom. The molecule has 4 aromatic rings. The second kappa shape index (κ2) is 17.7. The largest absolute Gasteiger partial charge is 0.508 e. The molecule has 1 aliphatic rings. The Bertz CT molecular complexity index is 1740. The second-order valence-corrected chi connectivity index (χ2v) is 10.5. The first kappa shape index (κ1) is 39.8. The van der Waals surface area contributed by atoms with Gasteiger partial charge in [0.05, 0.1) is 12.2 Å². The summed E-state index contributed by atoms with van der Waals surface area (Å²) in [6.07, 6.45) is -0.556. The number of aliphatic hydroxyl groups excluding tert-OH is 2. The summed E-state index contributed by atoms with van der Waals surface area (Å²) in [6.45, 7) is 9.30. The van der Waals surface area contributed by atoms with Gasteiger partial charge < -0.3 is 69.7 Å². The van der Waals surface area contributed by atoms with Crippen LogP contribution < -0.4 is 10.2 Å². The third-order valence-electron chi connectivity index (χ3n) is 6.78.